The van der Waals surface area contributed by atoms with Crippen LogP contribution in [0, 0.1) is 0 Å². The normalized spacial score (nSPS) is 10.8. The third-order valence-corrected chi connectivity index (χ3v) is 4.34. The number of nitrogens with one attached hydrogen (secondary N) is 1. The number of fused-ring (bicyclic) bond motifs is 1. The van der Waals surface area contributed by atoms with Gasteiger partial charge in [0.25, 0.3) is 11.7 Å². The van der Waals surface area contributed by atoms with Crippen molar-refractivity contribution in [3.05, 3.63) is 76.5 Å². The molecule has 0 atom stereocenters. The zero-order chi connectivity index (χ0) is 18.1. The molecule has 2 aromatic carbocycles. The molecule has 128 valence electrons. The van der Waals surface area contributed by atoms with E-state index in [-0.39, 0.29) is 5.91 Å². The summed E-state index contributed by atoms with van der Waals surface area (Å²) >= 11 is 12.0. The second-order valence-corrected chi connectivity index (χ2v) is 6.31. The fourth-order valence-electron chi connectivity index (χ4n) is 2.50. The molecule has 26 heavy (non-hydrogen) atoms. The molecule has 1 N–H and O–H groups in total. The van der Waals surface area contributed by atoms with Gasteiger partial charge in [0.15, 0.2) is 5.82 Å². The lowest BCUT2D eigenvalue weighted by molar-refractivity contribution is 0.102. The number of anilines is 1. The van der Waals surface area contributed by atoms with Crippen LogP contribution in [0.4, 0.5) is 5.69 Å². The van der Waals surface area contributed by atoms with Crippen LogP contribution in [0.5, 0.6) is 0 Å². The van der Waals surface area contributed by atoms with Crippen molar-refractivity contribution in [2.24, 2.45) is 0 Å². The molecule has 0 unspecified atom stereocenters. The van der Waals surface area contributed by atoms with E-state index in [1.54, 1.807) is 59.1 Å². The van der Waals surface area contributed by atoms with Crippen molar-refractivity contribution in [2.45, 2.75) is 0 Å². The number of benzene rings is 2. The third-order valence-electron chi connectivity index (χ3n) is 3.77. The average Bonchev–Trinajstić information content (AvgIpc) is 3.09. The number of hydrogen-bond donors (Lipinski definition) is 1. The molecule has 4 aromatic rings. The number of halogens is 2. The summed E-state index contributed by atoms with van der Waals surface area (Å²) in [6, 6.07) is 13.7. The van der Waals surface area contributed by atoms with Gasteiger partial charge >= 0.3 is 0 Å². The molecule has 1 amide bonds. The third kappa shape index (κ3) is 3.12. The van der Waals surface area contributed by atoms with Crippen molar-refractivity contribution in [3.8, 4) is 11.4 Å². The number of rotatable bonds is 3. The number of hydrogen-bond acceptors (Lipinski definition) is 4. The fraction of sp³-hybridized carbons (Fsp3) is 0. The Morgan fingerprint density at radius 1 is 1.04 bits per heavy atom. The minimum atomic E-state index is -0.284. The van der Waals surface area contributed by atoms with Crippen LogP contribution in [-0.4, -0.2) is 25.5 Å². The van der Waals surface area contributed by atoms with E-state index in [9.17, 15) is 4.79 Å². The van der Waals surface area contributed by atoms with Crippen LogP contribution in [0.1, 0.15) is 10.4 Å². The van der Waals surface area contributed by atoms with Crippen LogP contribution in [0.15, 0.2) is 60.9 Å². The Hall–Kier alpha value is -2.96. The summed E-state index contributed by atoms with van der Waals surface area (Å²) in [7, 11) is 0. The van der Waals surface area contributed by atoms with E-state index in [0.29, 0.717) is 32.9 Å². The SMILES string of the molecule is O=C(Nc1cc(Cl)ccc1Cl)c1ccc(-c2nnc3ncccn23)cc1. The first-order valence-electron chi connectivity index (χ1n) is 7.64. The van der Waals surface area contributed by atoms with Gasteiger partial charge in [0.1, 0.15) is 0 Å². The monoisotopic (exact) mass is 383 g/mol. The predicted molar refractivity (Wildman–Crippen MR) is 101 cm³/mol. The van der Waals surface area contributed by atoms with Crippen LogP contribution >= 0.6 is 23.2 Å². The molecular formula is C18H11Cl2N5O. The molecule has 2 aromatic heterocycles. The number of carbonyl (C=O) groups excluding carboxylic acids is 1. The van der Waals surface area contributed by atoms with Crippen molar-refractivity contribution in [3.63, 3.8) is 0 Å². The molecule has 0 aliphatic rings. The Morgan fingerprint density at radius 3 is 2.65 bits per heavy atom. The van der Waals surface area contributed by atoms with Crippen molar-refractivity contribution in [1.82, 2.24) is 19.6 Å². The van der Waals surface area contributed by atoms with E-state index in [1.807, 2.05) is 6.20 Å². The van der Waals surface area contributed by atoms with Crippen LogP contribution in [-0.2, 0) is 0 Å². The van der Waals surface area contributed by atoms with E-state index < -0.39 is 0 Å². The van der Waals surface area contributed by atoms with E-state index in [2.05, 4.69) is 20.5 Å². The van der Waals surface area contributed by atoms with Gasteiger partial charge in [-0.15, -0.1) is 10.2 Å². The first kappa shape index (κ1) is 16.5. The van der Waals surface area contributed by atoms with Gasteiger partial charge in [0, 0.05) is 28.5 Å². The van der Waals surface area contributed by atoms with Gasteiger partial charge in [-0.25, -0.2) is 4.98 Å². The van der Waals surface area contributed by atoms with Gasteiger partial charge < -0.3 is 5.32 Å². The van der Waals surface area contributed by atoms with E-state index in [0.717, 1.165) is 5.56 Å². The second-order valence-electron chi connectivity index (χ2n) is 5.47. The summed E-state index contributed by atoms with van der Waals surface area (Å²) in [4.78, 5) is 16.6. The maximum atomic E-state index is 12.4. The number of aromatic nitrogens is 4. The van der Waals surface area contributed by atoms with E-state index >= 15 is 0 Å². The van der Waals surface area contributed by atoms with Crippen LogP contribution < -0.4 is 5.32 Å². The van der Waals surface area contributed by atoms with Gasteiger partial charge in [-0.05, 0) is 36.4 Å². The molecule has 4 rings (SSSR count). The first-order chi connectivity index (χ1) is 12.6. The fourth-order valence-corrected chi connectivity index (χ4v) is 2.83. The molecule has 2 heterocycles. The summed E-state index contributed by atoms with van der Waals surface area (Å²) in [6.07, 6.45) is 3.49. The van der Waals surface area contributed by atoms with Crippen molar-refractivity contribution >= 4 is 40.6 Å². The highest BCUT2D eigenvalue weighted by Gasteiger charge is 2.12. The predicted octanol–water partition coefficient (Wildman–Crippen LogP) is 4.35. The van der Waals surface area contributed by atoms with E-state index in [1.165, 1.54) is 0 Å². The zero-order valence-corrected chi connectivity index (χ0v) is 14.7. The molecule has 0 aliphatic carbocycles. The summed E-state index contributed by atoms with van der Waals surface area (Å²) < 4.78 is 1.78. The Bertz CT molecular complexity index is 1110. The largest absolute Gasteiger partial charge is 0.321 e. The minimum Gasteiger partial charge on any atom is -0.321 e. The Kier molecular flexibility index (Phi) is 4.28. The van der Waals surface area contributed by atoms with Crippen molar-refractivity contribution in [2.75, 3.05) is 5.32 Å². The summed E-state index contributed by atoms with van der Waals surface area (Å²) in [6.45, 7) is 0. The minimum absolute atomic E-state index is 0.284. The average molecular weight is 384 g/mol. The number of carbonyl (C=O) groups is 1. The van der Waals surface area contributed by atoms with Crippen molar-refractivity contribution < 1.29 is 4.79 Å². The molecule has 0 saturated heterocycles. The first-order valence-corrected chi connectivity index (χ1v) is 8.40. The Labute approximate surface area is 158 Å². The highest BCUT2D eigenvalue weighted by Crippen LogP contribution is 2.26. The lowest BCUT2D eigenvalue weighted by atomic mass is 10.1. The molecule has 0 aliphatic heterocycles. The highest BCUT2D eigenvalue weighted by atomic mass is 35.5. The highest BCUT2D eigenvalue weighted by molar-refractivity contribution is 6.35. The topological polar surface area (TPSA) is 72.2 Å². The van der Waals surface area contributed by atoms with Crippen molar-refractivity contribution in [1.29, 1.82) is 0 Å². The lowest BCUT2D eigenvalue weighted by Gasteiger charge is -2.08. The molecule has 6 nitrogen and oxygen atoms in total. The second kappa shape index (κ2) is 6.74. The summed E-state index contributed by atoms with van der Waals surface area (Å²) in [5.74, 6) is 0.881. The van der Waals surface area contributed by atoms with Gasteiger partial charge in [-0.1, -0.05) is 35.3 Å². The van der Waals surface area contributed by atoms with E-state index in [4.69, 9.17) is 23.2 Å². The van der Waals surface area contributed by atoms with Gasteiger partial charge in [-0.3, -0.25) is 9.20 Å². The molecule has 0 radical (unpaired) electrons. The van der Waals surface area contributed by atoms with Gasteiger partial charge in [0.2, 0.25) is 0 Å². The molecule has 0 spiro atoms. The maximum Gasteiger partial charge on any atom is 0.255 e. The number of nitrogens with zero attached hydrogens (tertiary/aromatic N) is 4. The van der Waals surface area contributed by atoms with Gasteiger partial charge in [0.05, 0.1) is 10.7 Å². The standard InChI is InChI=1S/C18H11Cl2N5O/c19-13-6-7-14(20)15(10-13)22-17(26)12-4-2-11(3-5-12)16-23-24-18-21-8-1-9-25(16)18/h1-10H,(H,22,26). The summed E-state index contributed by atoms with van der Waals surface area (Å²) in [5, 5.41) is 11.8. The molecule has 0 bridgehead atoms. The summed E-state index contributed by atoms with van der Waals surface area (Å²) in [5.41, 5.74) is 1.77. The maximum absolute atomic E-state index is 12.4. The Balaban J connectivity index is 1.59. The molecular weight excluding hydrogens is 373 g/mol. The Morgan fingerprint density at radius 2 is 1.85 bits per heavy atom. The molecule has 0 fully saturated rings. The van der Waals surface area contributed by atoms with Crippen LogP contribution in [0.25, 0.3) is 17.2 Å². The van der Waals surface area contributed by atoms with Crippen LogP contribution in [0.3, 0.4) is 0 Å². The lowest BCUT2D eigenvalue weighted by Crippen LogP contribution is -2.12. The smallest absolute Gasteiger partial charge is 0.255 e. The van der Waals surface area contributed by atoms with Crippen LogP contribution in [0.2, 0.25) is 10.0 Å². The number of amides is 1. The molecule has 0 saturated carbocycles. The zero-order valence-electron chi connectivity index (χ0n) is 13.2. The molecule has 8 heteroatoms. The quantitative estimate of drug-likeness (QED) is 0.570. The van der Waals surface area contributed by atoms with Gasteiger partial charge in [-0.2, -0.15) is 0 Å².